The third-order valence-corrected chi connectivity index (χ3v) is 4.84. The van der Waals surface area contributed by atoms with E-state index in [1.165, 1.54) is 25.7 Å². The Balaban J connectivity index is 1.74. The van der Waals surface area contributed by atoms with Crippen LogP contribution in [0.1, 0.15) is 39.5 Å². The molecule has 5 nitrogen and oxygen atoms in total. The van der Waals surface area contributed by atoms with E-state index in [9.17, 15) is 4.79 Å². The summed E-state index contributed by atoms with van der Waals surface area (Å²) in [5.74, 6) is 1.92. The van der Waals surface area contributed by atoms with Crippen molar-refractivity contribution >= 4 is 11.7 Å². The molecule has 2 heterocycles. The van der Waals surface area contributed by atoms with E-state index < -0.39 is 0 Å². The molecule has 4 rings (SSSR count). The summed E-state index contributed by atoms with van der Waals surface area (Å²) in [6, 6.07) is 0. The fraction of sp³-hybridized carbons (Fsp3) is 0.692. The minimum absolute atomic E-state index is 0.00319. The zero-order valence-electron chi connectivity index (χ0n) is 10.8. The fourth-order valence-electron chi connectivity index (χ4n) is 3.35. The highest BCUT2D eigenvalue weighted by molar-refractivity contribution is 5.99. The van der Waals surface area contributed by atoms with Gasteiger partial charge >= 0.3 is 0 Å². The number of carbonyl (C=O) groups excluding carboxylic acids is 1. The molecule has 0 bridgehead atoms. The third kappa shape index (κ3) is 1.17. The molecule has 1 atom stereocenters. The monoisotopic (exact) mass is 246 g/mol. The number of allylic oxidation sites excluding steroid dienone is 2. The highest BCUT2D eigenvalue weighted by atomic mass is 16.2. The third-order valence-electron chi connectivity index (χ3n) is 4.84. The van der Waals surface area contributed by atoms with Gasteiger partial charge in [0.25, 0.3) is 5.91 Å². The van der Waals surface area contributed by atoms with E-state index in [4.69, 9.17) is 0 Å². The standard InChI is InChI=1S/C13H18N4O/c1-7-8(2)17-10(11(18)14-7)15-16-12(17)13(5-6-13)9-3-4-9/h9-10,15H,3-6H2,1-2H3,(H,14,18). The summed E-state index contributed by atoms with van der Waals surface area (Å²) in [7, 11) is 0. The van der Waals surface area contributed by atoms with Crippen molar-refractivity contribution in [2.75, 3.05) is 0 Å². The Kier molecular flexibility index (Phi) is 1.78. The molecule has 4 aliphatic rings. The van der Waals surface area contributed by atoms with Crippen LogP contribution in [0.25, 0.3) is 0 Å². The minimum atomic E-state index is -0.333. The molecule has 2 fully saturated rings. The van der Waals surface area contributed by atoms with Gasteiger partial charge in [0.1, 0.15) is 5.84 Å². The number of nitrogens with zero attached hydrogens (tertiary/aromatic N) is 2. The van der Waals surface area contributed by atoms with E-state index in [0.717, 1.165) is 23.1 Å². The number of carbonyl (C=O) groups is 1. The number of amidine groups is 1. The molecule has 96 valence electrons. The lowest BCUT2D eigenvalue weighted by molar-refractivity contribution is -0.125. The van der Waals surface area contributed by atoms with Crippen LogP contribution >= 0.6 is 0 Å². The van der Waals surface area contributed by atoms with Gasteiger partial charge in [-0.15, -0.1) is 0 Å². The van der Waals surface area contributed by atoms with Crippen LogP contribution in [0.15, 0.2) is 16.5 Å². The Hall–Kier alpha value is -1.52. The van der Waals surface area contributed by atoms with Gasteiger partial charge in [-0.2, -0.15) is 5.10 Å². The molecule has 1 unspecified atom stereocenters. The van der Waals surface area contributed by atoms with Crippen molar-refractivity contribution in [2.24, 2.45) is 16.4 Å². The first-order chi connectivity index (χ1) is 8.63. The molecule has 0 radical (unpaired) electrons. The molecular weight excluding hydrogens is 228 g/mol. The summed E-state index contributed by atoms with van der Waals surface area (Å²) in [5.41, 5.74) is 5.35. The Morgan fingerprint density at radius 3 is 2.67 bits per heavy atom. The van der Waals surface area contributed by atoms with Crippen LogP contribution < -0.4 is 10.7 Å². The number of hydrazone groups is 1. The second-order valence-electron chi connectivity index (χ2n) is 5.97. The number of rotatable bonds is 2. The normalized spacial score (nSPS) is 32.8. The topological polar surface area (TPSA) is 56.7 Å². The quantitative estimate of drug-likeness (QED) is 0.767. The average Bonchev–Trinajstić information content (AvgIpc) is 3.22. The van der Waals surface area contributed by atoms with E-state index in [-0.39, 0.29) is 17.5 Å². The van der Waals surface area contributed by atoms with Crippen LogP contribution in [-0.2, 0) is 4.79 Å². The molecule has 2 N–H and O–H groups in total. The highest BCUT2D eigenvalue weighted by Crippen LogP contribution is 2.63. The van der Waals surface area contributed by atoms with E-state index in [1.54, 1.807) is 0 Å². The number of hydrogen-bond donors (Lipinski definition) is 2. The molecule has 1 amide bonds. The second-order valence-corrected chi connectivity index (χ2v) is 5.97. The smallest absolute Gasteiger partial charge is 0.269 e. The lowest BCUT2D eigenvalue weighted by atomic mass is 9.97. The summed E-state index contributed by atoms with van der Waals surface area (Å²) in [4.78, 5) is 14.1. The van der Waals surface area contributed by atoms with Gasteiger partial charge in [-0.3, -0.25) is 15.1 Å². The molecular formula is C13H18N4O. The molecule has 2 saturated carbocycles. The molecule has 2 aliphatic heterocycles. The average molecular weight is 246 g/mol. The first-order valence-electron chi connectivity index (χ1n) is 6.75. The maximum atomic E-state index is 12.0. The number of nitrogens with one attached hydrogen (secondary N) is 2. The lowest BCUT2D eigenvalue weighted by Gasteiger charge is -2.35. The van der Waals surface area contributed by atoms with Gasteiger partial charge in [-0.25, -0.2) is 0 Å². The summed E-state index contributed by atoms with van der Waals surface area (Å²) in [6.07, 6.45) is 4.78. The van der Waals surface area contributed by atoms with Crippen LogP contribution in [0, 0.1) is 11.3 Å². The maximum absolute atomic E-state index is 12.0. The van der Waals surface area contributed by atoms with Gasteiger partial charge < -0.3 is 5.32 Å². The molecule has 18 heavy (non-hydrogen) atoms. The summed E-state index contributed by atoms with van der Waals surface area (Å²) >= 11 is 0. The van der Waals surface area contributed by atoms with Crippen molar-refractivity contribution in [3.8, 4) is 0 Å². The first kappa shape index (κ1) is 10.4. The minimum Gasteiger partial charge on any atom is -0.325 e. The van der Waals surface area contributed by atoms with Gasteiger partial charge in [0.05, 0.1) is 0 Å². The van der Waals surface area contributed by atoms with Crippen molar-refractivity contribution in [1.29, 1.82) is 0 Å². The van der Waals surface area contributed by atoms with Crippen LogP contribution in [0.3, 0.4) is 0 Å². The van der Waals surface area contributed by atoms with E-state index in [1.807, 2.05) is 6.92 Å². The second kappa shape index (κ2) is 3.08. The summed E-state index contributed by atoms with van der Waals surface area (Å²) in [5, 5.41) is 7.41. The Morgan fingerprint density at radius 2 is 2.06 bits per heavy atom. The van der Waals surface area contributed by atoms with Gasteiger partial charge in [-0.1, -0.05) is 0 Å². The molecule has 0 aromatic heterocycles. The zero-order chi connectivity index (χ0) is 12.5. The van der Waals surface area contributed by atoms with Crippen LogP contribution in [0.4, 0.5) is 0 Å². The molecule has 2 aliphatic carbocycles. The number of amides is 1. The van der Waals surface area contributed by atoms with Gasteiger partial charge in [0.15, 0.2) is 0 Å². The van der Waals surface area contributed by atoms with Crippen LogP contribution in [-0.4, -0.2) is 22.8 Å². The highest BCUT2D eigenvalue weighted by Gasteiger charge is 2.61. The first-order valence-corrected chi connectivity index (χ1v) is 6.75. The predicted octanol–water partition coefficient (Wildman–Crippen LogP) is 1.10. The Labute approximate surface area is 106 Å². The van der Waals surface area contributed by atoms with Gasteiger partial charge in [0.2, 0.25) is 6.17 Å². The molecule has 5 heteroatoms. The van der Waals surface area contributed by atoms with E-state index in [2.05, 4.69) is 27.7 Å². The lowest BCUT2D eigenvalue weighted by Crippen LogP contribution is -2.55. The van der Waals surface area contributed by atoms with E-state index in [0.29, 0.717) is 0 Å². The molecule has 0 spiro atoms. The molecule has 0 aromatic rings. The Bertz CT molecular complexity index is 499. The number of hydrogen-bond acceptors (Lipinski definition) is 4. The van der Waals surface area contributed by atoms with Crippen LogP contribution in [0.2, 0.25) is 0 Å². The van der Waals surface area contributed by atoms with Crippen molar-refractivity contribution < 1.29 is 4.79 Å². The summed E-state index contributed by atoms with van der Waals surface area (Å²) in [6.45, 7) is 4.02. The van der Waals surface area contributed by atoms with E-state index >= 15 is 0 Å². The molecule has 0 saturated heterocycles. The van der Waals surface area contributed by atoms with Crippen LogP contribution in [0.5, 0.6) is 0 Å². The Morgan fingerprint density at radius 1 is 1.33 bits per heavy atom. The molecule has 0 aromatic carbocycles. The van der Waals surface area contributed by atoms with Gasteiger partial charge in [-0.05, 0) is 45.4 Å². The predicted molar refractivity (Wildman–Crippen MR) is 67.1 cm³/mol. The van der Waals surface area contributed by atoms with Crippen molar-refractivity contribution in [1.82, 2.24) is 15.6 Å². The van der Waals surface area contributed by atoms with Crippen molar-refractivity contribution in [3.63, 3.8) is 0 Å². The summed E-state index contributed by atoms with van der Waals surface area (Å²) < 4.78 is 0. The van der Waals surface area contributed by atoms with Gasteiger partial charge in [0, 0.05) is 16.8 Å². The maximum Gasteiger partial charge on any atom is 0.269 e. The number of fused-ring (bicyclic) bond motifs is 1. The SMILES string of the molecule is CC1=C(C)N2C(C3(C4CC4)CC3)=NNC2C(=O)N1. The fourth-order valence-corrected chi connectivity index (χ4v) is 3.35. The van der Waals surface area contributed by atoms with Crippen molar-refractivity contribution in [2.45, 2.75) is 45.7 Å². The zero-order valence-corrected chi connectivity index (χ0v) is 10.8. The largest absolute Gasteiger partial charge is 0.325 e. The van der Waals surface area contributed by atoms with Crippen molar-refractivity contribution in [3.05, 3.63) is 11.4 Å².